The fourth-order valence-electron chi connectivity index (χ4n) is 0. The second kappa shape index (κ2) is 11.3. The summed E-state index contributed by atoms with van der Waals surface area (Å²) in [6, 6.07) is 0. The minimum atomic E-state index is -1.01. The van der Waals surface area contributed by atoms with E-state index >= 15 is 0 Å². The van der Waals surface area contributed by atoms with Crippen molar-refractivity contribution >= 4 is 17.9 Å². The molecule has 0 aliphatic carbocycles. The minimum Gasteiger partial charge on any atom is -0.550 e. The standard InChI is InChI=1S/3C5H10O2.Gd/c3*1-5(2,3)4(6)7;/h3*1-3H3,(H,6,7);/q;;;+3/p-3. The molecule has 6 nitrogen and oxygen atoms in total. The second-order valence-corrected chi connectivity index (χ2v) is 7.61. The van der Waals surface area contributed by atoms with Crippen LogP contribution in [0.15, 0.2) is 0 Å². The van der Waals surface area contributed by atoms with Crippen molar-refractivity contribution in [2.45, 2.75) is 62.3 Å². The molecule has 0 heterocycles. The van der Waals surface area contributed by atoms with E-state index in [2.05, 4.69) is 0 Å². The van der Waals surface area contributed by atoms with Crippen molar-refractivity contribution < 1.29 is 69.6 Å². The van der Waals surface area contributed by atoms with Gasteiger partial charge in [-0.25, -0.2) is 0 Å². The van der Waals surface area contributed by atoms with Gasteiger partial charge in [-0.05, 0) is 0 Å². The van der Waals surface area contributed by atoms with Gasteiger partial charge in [-0.3, -0.25) is 0 Å². The van der Waals surface area contributed by atoms with Crippen molar-refractivity contribution in [1.29, 1.82) is 0 Å². The molecule has 0 fully saturated rings. The van der Waals surface area contributed by atoms with E-state index in [0.29, 0.717) is 0 Å². The molecule has 131 valence electrons. The molecule has 0 unspecified atom stereocenters. The summed E-state index contributed by atoms with van der Waals surface area (Å²) in [4.78, 5) is 29.7. The predicted octanol–water partition coefficient (Wildman–Crippen LogP) is -0.653. The summed E-state index contributed by atoms with van der Waals surface area (Å²) in [6.07, 6.45) is 0. The molecule has 0 atom stereocenters. The van der Waals surface area contributed by atoms with Crippen molar-refractivity contribution in [2.75, 3.05) is 0 Å². The molecule has 0 aliphatic rings. The topological polar surface area (TPSA) is 120 Å². The Morgan fingerprint density at radius 2 is 0.545 bits per heavy atom. The van der Waals surface area contributed by atoms with Gasteiger partial charge in [0.1, 0.15) is 0 Å². The number of hydrogen-bond acceptors (Lipinski definition) is 6. The van der Waals surface area contributed by atoms with E-state index < -0.39 is 34.2 Å². The molecule has 0 rings (SSSR count). The van der Waals surface area contributed by atoms with Crippen LogP contribution in [0.4, 0.5) is 0 Å². The summed E-state index contributed by atoms with van der Waals surface area (Å²) >= 11 is 0. The molecule has 0 aromatic carbocycles. The number of carboxylic acid groups (broad SMARTS) is 3. The van der Waals surface area contributed by atoms with E-state index in [1.807, 2.05) is 0 Å². The largest absolute Gasteiger partial charge is 3.00 e. The van der Waals surface area contributed by atoms with E-state index in [-0.39, 0.29) is 39.9 Å². The van der Waals surface area contributed by atoms with Crippen LogP contribution in [0, 0.1) is 56.2 Å². The third kappa shape index (κ3) is 22.0. The van der Waals surface area contributed by atoms with E-state index in [1.54, 1.807) is 62.3 Å². The maximum atomic E-state index is 9.91. The quantitative estimate of drug-likeness (QED) is 0.474. The van der Waals surface area contributed by atoms with E-state index in [9.17, 15) is 29.7 Å². The molecule has 22 heavy (non-hydrogen) atoms. The molecule has 0 saturated carbocycles. The first-order valence-electron chi connectivity index (χ1n) is 6.47. The van der Waals surface area contributed by atoms with Crippen LogP contribution in [0.5, 0.6) is 0 Å². The third-order valence-electron chi connectivity index (χ3n) is 1.84. The summed E-state index contributed by atoms with van der Waals surface area (Å²) in [5.74, 6) is -3.02. The molecule has 0 amide bonds. The van der Waals surface area contributed by atoms with Gasteiger partial charge >= 0.3 is 39.9 Å². The van der Waals surface area contributed by atoms with Crippen molar-refractivity contribution in [2.24, 2.45) is 16.2 Å². The second-order valence-electron chi connectivity index (χ2n) is 7.61. The first-order valence-corrected chi connectivity index (χ1v) is 6.47. The molecule has 0 N–H and O–H groups in total. The van der Waals surface area contributed by atoms with Gasteiger partial charge in [-0.15, -0.1) is 0 Å². The summed E-state index contributed by atoms with van der Waals surface area (Å²) in [5, 5.41) is 29.7. The van der Waals surface area contributed by atoms with Crippen molar-refractivity contribution in [1.82, 2.24) is 0 Å². The van der Waals surface area contributed by atoms with Gasteiger partial charge < -0.3 is 29.7 Å². The van der Waals surface area contributed by atoms with Crippen LogP contribution in [-0.2, 0) is 14.4 Å². The molecular formula is C15H27GdO6. The number of rotatable bonds is 0. The summed E-state index contributed by atoms with van der Waals surface area (Å²) in [5.41, 5.74) is -2.08. The van der Waals surface area contributed by atoms with E-state index in [4.69, 9.17) is 0 Å². The number of carbonyl (C=O) groups excluding carboxylic acids is 3. The third-order valence-corrected chi connectivity index (χ3v) is 1.84. The molecule has 0 aromatic rings. The molecule has 0 saturated heterocycles. The first-order chi connectivity index (χ1) is 8.83. The Balaban J connectivity index is -0.000000108. The zero-order valence-electron chi connectivity index (χ0n) is 14.8. The predicted molar refractivity (Wildman–Crippen MR) is 73.4 cm³/mol. The van der Waals surface area contributed by atoms with Crippen LogP contribution >= 0.6 is 0 Å². The molecule has 0 aliphatic heterocycles. The normalized spacial score (nSPS) is 10.8. The Morgan fingerprint density at radius 3 is 0.545 bits per heavy atom. The number of carboxylic acids is 3. The fraction of sp³-hybridized carbons (Fsp3) is 0.800. The summed E-state index contributed by atoms with van der Waals surface area (Å²) in [6.45, 7) is 14.4. The van der Waals surface area contributed by atoms with Crippen molar-refractivity contribution in [3.63, 3.8) is 0 Å². The van der Waals surface area contributed by atoms with Gasteiger partial charge in [0, 0.05) is 34.2 Å². The smallest absolute Gasteiger partial charge is 0.550 e. The average molecular weight is 461 g/mol. The van der Waals surface area contributed by atoms with Gasteiger partial charge in [0.25, 0.3) is 0 Å². The Kier molecular flexibility index (Phi) is 15.3. The van der Waals surface area contributed by atoms with E-state index in [0.717, 1.165) is 0 Å². The summed E-state index contributed by atoms with van der Waals surface area (Å²) in [7, 11) is 0. The van der Waals surface area contributed by atoms with Gasteiger partial charge in [-0.2, -0.15) is 0 Å². The van der Waals surface area contributed by atoms with Crippen LogP contribution < -0.4 is 15.3 Å². The maximum Gasteiger partial charge on any atom is 3.00 e. The van der Waals surface area contributed by atoms with Crippen LogP contribution in [0.1, 0.15) is 62.3 Å². The zero-order valence-corrected chi connectivity index (χ0v) is 17.1. The summed E-state index contributed by atoms with van der Waals surface area (Å²) < 4.78 is 0. The molecule has 0 bridgehead atoms. The Hall–Kier alpha value is -0.265. The number of carbonyl (C=O) groups is 3. The van der Waals surface area contributed by atoms with Crippen molar-refractivity contribution in [3.05, 3.63) is 0 Å². The fourth-order valence-corrected chi connectivity index (χ4v) is 0. The SMILES string of the molecule is CC(C)(C)C(=O)[O-].CC(C)(C)C(=O)[O-].CC(C)(C)C(=O)[O-].[Gd+3]. The number of aliphatic carboxylic acids is 3. The van der Waals surface area contributed by atoms with Crippen LogP contribution in [0.25, 0.3) is 0 Å². The number of hydrogen-bond donors (Lipinski definition) is 0. The molecule has 0 spiro atoms. The van der Waals surface area contributed by atoms with Gasteiger partial charge in [0.15, 0.2) is 0 Å². The Bertz CT molecular complexity index is 299. The zero-order chi connectivity index (χ0) is 18.2. The maximum absolute atomic E-state index is 9.91. The first kappa shape index (κ1) is 29.7. The van der Waals surface area contributed by atoms with Gasteiger partial charge in [0.2, 0.25) is 0 Å². The molecule has 1 radical (unpaired) electrons. The minimum absolute atomic E-state index is 0. The molecule has 7 heteroatoms. The van der Waals surface area contributed by atoms with Crippen LogP contribution in [0.3, 0.4) is 0 Å². The van der Waals surface area contributed by atoms with Gasteiger partial charge in [-0.1, -0.05) is 62.3 Å². The van der Waals surface area contributed by atoms with E-state index in [1.165, 1.54) is 0 Å². The monoisotopic (exact) mass is 461 g/mol. The van der Waals surface area contributed by atoms with Crippen LogP contribution in [-0.4, -0.2) is 17.9 Å². The Morgan fingerprint density at radius 1 is 0.500 bits per heavy atom. The molecular weight excluding hydrogens is 433 g/mol. The average Bonchev–Trinajstić information content (AvgIpc) is 2.14. The van der Waals surface area contributed by atoms with Crippen molar-refractivity contribution in [3.8, 4) is 0 Å². The van der Waals surface area contributed by atoms with Crippen LogP contribution in [0.2, 0.25) is 0 Å². The molecule has 0 aromatic heterocycles. The Labute approximate surface area is 165 Å². The van der Waals surface area contributed by atoms with Gasteiger partial charge in [0.05, 0.1) is 0 Å².